The molecule has 2 saturated heterocycles. The number of aryl methyl sites for hydroxylation is 3. The van der Waals surface area contributed by atoms with Crippen molar-refractivity contribution in [1.82, 2.24) is 0 Å². The molecular weight excluding hydrogens is 252 g/mol. The number of benzene rings is 1. The van der Waals surface area contributed by atoms with Gasteiger partial charge in [0.05, 0.1) is 0 Å². The molecule has 0 N–H and O–H groups in total. The van der Waals surface area contributed by atoms with Crippen LogP contribution in [0.5, 0.6) is 0 Å². The van der Waals surface area contributed by atoms with E-state index >= 15 is 0 Å². The molecule has 0 amide bonds. The van der Waals surface area contributed by atoms with Crippen LogP contribution in [-0.2, 0) is 0 Å². The number of carbonyl (C=O) groups excluding carboxylic acids is 1. The SMILES string of the molecule is Cc1cc(C)c(C(=O)C2CC3CCC(C2)S3)cc1C. The molecule has 19 heavy (non-hydrogen) atoms. The van der Waals surface area contributed by atoms with E-state index in [0.29, 0.717) is 5.78 Å². The third-order valence-electron chi connectivity index (χ3n) is 4.77. The van der Waals surface area contributed by atoms with Crippen molar-refractivity contribution < 1.29 is 4.79 Å². The highest BCUT2D eigenvalue weighted by molar-refractivity contribution is 8.00. The van der Waals surface area contributed by atoms with Gasteiger partial charge in [0.1, 0.15) is 0 Å². The van der Waals surface area contributed by atoms with Crippen LogP contribution in [0.2, 0.25) is 0 Å². The van der Waals surface area contributed by atoms with Crippen LogP contribution in [0.3, 0.4) is 0 Å². The lowest BCUT2D eigenvalue weighted by atomic mass is 9.87. The number of fused-ring (bicyclic) bond motifs is 2. The van der Waals surface area contributed by atoms with E-state index in [2.05, 4.69) is 44.7 Å². The molecule has 1 aromatic carbocycles. The Morgan fingerprint density at radius 1 is 1.00 bits per heavy atom. The monoisotopic (exact) mass is 274 g/mol. The van der Waals surface area contributed by atoms with Crippen molar-refractivity contribution in [2.45, 2.75) is 57.0 Å². The Bertz CT molecular complexity index is 508. The van der Waals surface area contributed by atoms with Gasteiger partial charge in [0, 0.05) is 22.0 Å². The lowest BCUT2D eigenvalue weighted by Crippen LogP contribution is -2.25. The molecule has 2 aliphatic heterocycles. The topological polar surface area (TPSA) is 17.1 Å². The third-order valence-corrected chi connectivity index (χ3v) is 6.39. The second kappa shape index (κ2) is 4.97. The van der Waals surface area contributed by atoms with E-state index in [-0.39, 0.29) is 5.92 Å². The zero-order valence-electron chi connectivity index (χ0n) is 12.0. The summed E-state index contributed by atoms with van der Waals surface area (Å²) in [6.45, 7) is 6.30. The van der Waals surface area contributed by atoms with E-state index < -0.39 is 0 Å². The fraction of sp³-hybridized carbons (Fsp3) is 0.588. The van der Waals surface area contributed by atoms with Crippen molar-refractivity contribution in [3.63, 3.8) is 0 Å². The van der Waals surface area contributed by atoms with Gasteiger partial charge in [-0.15, -0.1) is 0 Å². The summed E-state index contributed by atoms with van der Waals surface area (Å²) in [5.74, 6) is 0.678. The van der Waals surface area contributed by atoms with Crippen molar-refractivity contribution in [2.24, 2.45) is 5.92 Å². The van der Waals surface area contributed by atoms with Crippen LogP contribution in [0.15, 0.2) is 12.1 Å². The van der Waals surface area contributed by atoms with Crippen molar-refractivity contribution in [2.75, 3.05) is 0 Å². The van der Waals surface area contributed by atoms with Crippen LogP contribution in [0, 0.1) is 26.7 Å². The van der Waals surface area contributed by atoms with E-state index in [1.165, 1.54) is 24.0 Å². The molecule has 2 aliphatic rings. The lowest BCUT2D eigenvalue weighted by molar-refractivity contribution is 0.0906. The number of ketones is 1. The van der Waals surface area contributed by atoms with Crippen LogP contribution >= 0.6 is 11.8 Å². The van der Waals surface area contributed by atoms with Gasteiger partial charge in [0.2, 0.25) is 0 Å². The first-order chi connectivity index (χ1) is 9.04. The van der Waals surface area contributed by atoms with E-state index in [1.807, 2.05) is 0 Å². The zero-order chi connectivity index (χ0) is 13.6. The maximum Gasteiger partial charge on any atom is 0.166 e. The van der Waals surface area contributed by atoms with Crippen LogP contribution in [0.1, 0.15) is 52.7 Å². The summed E-state index contributed by atoms with van der Waals surface area (Å²) in [6, 6.07) is 4.27. The number of carbonyl (C=O) groups is 1. The molecule has 0 saturated carbocycles. The lowest BCUT2D eigenvalue weighted by Gasteiger charge is -2.27. The van der Waals surface area contributed by atoms with Crippen LogP contribution in [-0.4, -0.2) is 16.3 Å². The maximum absolute atomic E-state index is 12.8. The van der Waals surface area contributed by atoms with E-state index in [4.69, 9.17) is 0 Å². The van der Waals surface area contributed by atoms with E-state index in [0.717, 1.165) is 34.5 Å². The second-order valence-electron chi connectivity index (χ2n) is 6.24. The Morgan fingerprint density at radius 2 is 1.58 bits per heavy atom. The standard InChI is InChI=1S/C17H22OS/c1-10-6-12(3)16(7-11(10)2)17(18)13-8-14-4-5-15(9-13)19-14/h6-7,13-15H,4-5,8-9H2,1-3H3. The fourth-order valence-electron chi connectivity index (χ4n) is 3.52. The Balaban J connectivity index is 1.86. The van der Waals surface area contributed by atoms with Gasteiger partial charge in [0.25, 0.3) is 0 Å². The predicted octanol–water partition coefficient (Wildman–Crippen LogP) is 4.47. The smallest absolute Gasteiger partial charge is 0.166 e. The Labute approximate surface area is 120 Å². The van der Waals surface area contributed by atoms with Crippen molar-refractivity contribution in [3.05, 3.63) is 34.4 Å². The van der Waals surface area contributed by atoms with Crippen molar-refractivity contribution >= 4 is 17.5 Å². The minimum absolute atomic E-state index is 0.277. The predicted molar refractivity (Wildman–Crippen MR) is 82.1 cm³/mol. The molecule has 1 nitrogen and oxygen atoms in total. The summed E-state index contributed by atoms with van der Waals surface area (Å²) in [7, 11) is 0. The number of hydrogen-bond acceptors (Lipinski definition) is 2. The molecule has 0 radical (unpaired) electrons. The molecule has 2 bridgehead atoms. The number of Topliss-reactive ketones (excluding diaryl/α,β-unsaturated/α-hetero) is 1. The summed E-state index contributed by atoms with van der Waals surface area (Å²) in [6.07, 6.45) is 4.86. The molecule has 102 valence electrons. The molecule has 2 unspecified atom stereocenters. The summed E-state index contributed by atoms with van der Waals surface area (Å²) < 4.78 is 0. The molecule has 0 aliphatic carbocycles. The molecule has 2 atom stereocenters. The van der Waals surface area contributed by atoms with Crippen LogP contribution < -0.4 is 0 Å². The zero-order valence-corrected chi connectivity index (χ0v) is 12.8. The van der Waals surface area contributed by atoms with Crippen LogP contribution in [0.25, 0.3) is 0 Å². The Hall–Kier alpha value is -0.760. The normalized spacial score (nSPS) is 29.5. The highest BCUT2D eigenvalue weighted by Crippen LogP contribution is 2.46. The average molecular weight is 274 g/mol. The number of rotatable bonds is 2. The van der Waals surface area contributed by atoms with Gasteiger partial charge in [-0.25, -0.2) is 0 Å². The van der Waals surface area contributed by atoms with Gasteiger partial charge in [0.15, 0.2) is 5.78 Å². The minimum Gasteiger partial charge on any atom is -0.294 e. The summed E-state index contributed by atoms with van der Waals surface area (Å²) in [5, 5.41) is 1.50. The highest BCUT2D eigenvalue weighted by Gasteiger charge is 2.38. The number of thioether (sulfide) groups is 1. The first kappa shape index (κ1) is 13.2. The van der Waals surface area contributed by atoms with Crippen molar-refractivity contribution in [3.8, 4) is 0 Å². The average Bonchev–Trinajstić information content (AvgIpc) is 2.72. The molecule has 2 heterocycles. The van der Waals surface area contributed by atoms with Gasteiger partial charge >= 0.3 is 0 Å². The quantitative estimate of drug-likeness (QED) is 0.740. The Morgan fingerprint density at radius 3 is 2.21 bits per heavy atom. The van der Waals surface area contributed by atoms with Gasteiger partial charge in [-0.1, -0.05) is 6.07 Å². The Kier molecular flexibility index (Phi) is 3.46. The first-order valence-corrected chi connectivity index (χ1v) is 8.26. The molecule has 0 spiro atoms. The van der Waals surface area contributed by atoms with Gasteiger partial charge in [-0.3, -0.25) is 4.79 Å². The molecule has 2 heteroatoms. The molecule has 1 aromatic rings. The number of hydrogen-bond donors (Lipinski definition) is 0. The minimum atomic E-state index is 0.277. The largest absolute Gasteiger partial charge is 0.294 e. The first-order valence-electron chi connectivity index (χ1n) is 7.32. The van der Waals surface area contributed by atoms with Gasteiger partial charge < -0.3 is 0 Å². The summed E-state index contributed by atoms with van der Waals surface area (Å²) in [5.41, 5.74) is 4.65. The summed E-state index contributed by atoms with van der Waals surface area (Å²) >= 11 is 2.13. The molecule has 3 rings (SSSR count). The maximum atomic E-state index is 12.8. The van der Waals surface area contributed by atoms with Gasteiger partial charge in [-0.05, 0) is 69.2 Å². The van der Waals surface area contributed by atoms with Gasteiger partial charge in [-0.2, -0.15) is 11.8 Å². The second-order valence-corrected chi connectivity index (χ2v) is 7.85. The molecular formula is C17H22OS. The third kappa shape index (κ3) is 2.47. The molecule has 2 fully saturated rings. The fourth-order valence-corrected chi connectivity index (χ4v) is 5.29. The van der Waals surface area contributed by atoms with Crippen LogP contribution in [0.4, 0.5) is 0 Å². The van der Waals surface area contributed by atoms with Crippen molar-refractivity contribution in [1.29, 1.82) is 0 Å². The highest BCUT2D eigenvalue weighted by atomic mass is 32.2. The molecule has 0 aromatic heterocycles. The van der Waals surface area contributed by atoms with E-state index in [9.17, 15) is 4.79 Å². The van der Waals surface area contributed by atoms with E-state index in [1.54, 1.807) is 0 Å². The summed E-state index contributed by atoms with van der Waals surface area (Å²) in [4.78, 5) is 12.8.